The summed E-state index contributed by atoms with van der Waals surface area (Å²) in [6.07, 6.45) is 3.05. The molecule has 0 saturated carbocycles. The maximum atomic E-state index is 11.8. The van der Waals surface area contributed by atoms with E-state index in [0.29, 0.717) is 13.2 Å². The molecule has 96 valence electrons. The number of carbonyl (C=O) groups excluding carboxylic acids is 1. The lowest BCUT2D eigenvalue weighted by Crippen LogP contribution is -2.43. The molecule has 0 bridgehead atoms. The number of ether oxygens (including phenoxy) is 1. The van der Waals surface area contributed by atoms with Crippen LogP contribution in [0, 0.1) is 0 Å². The number of amides is 1. The summed E-state index contributed by atoms with van der Waals surface area (Å²) >= 11 is 0. The molecule has 4 heteroatoms. The predicted octanol–water partition coefficient (Wildman–Crippen LogP) is 1.39. The molecule has 1 amide bonds. The molecule has 0 aliphatic rings. The van der Waals surface area contributed by atoms with E-state index in [1.807, 2.05) is 13.8 Å². The van der Waals surface area contributed by atoms with Gasteiger partial charge in [0.05, 0.1) is 18.8 Å². The van der Waals surface area contributed by atoms with Crippen molar-refractivity contribution in [3.05, 3.63) is 0 Å². The van der Waals surface area contributed by atoms with Crippen LogP contribution in [0.15, 0.2) is 0 Å². The van der Waals surface area contributed by atoms with Gasteiger partial charge in [0.1, 0.15) is 0 Å². The minimum atomic E-state index is -0.357. The fraction of sp³-hybridized carbons (Fsp3) is 0.917. The van der Waals surface area contributed by atoms with E-state index in [0.717, 1.165) is 19.3 Å². The number of hydrogen-bond acceptors (Lipinski definition) is 3. The monoisotopic (exact) mass is 230 g/mol. The van der Waals surface area contributed by atoms with Gasteiger partial charge in [-0.05, 0) is 20.3 Å². The quantitative estimate of drug-likeness (QED) is 0.685. The lowest BCUT2D eigenvalue weighted by Gasteiger charge is -2.21. The zero-order valence-electron chi connectivity index (χ0n) is 11.0. The van der Waals surface area contributed by atoms with Crippen molar-refractivity contribution in [2.45, 2.75) is 52.2 Å². The lowest BCUT2D eigenvalue weighted by atomic mass is 10.1. The van der Waals surface area contributed by atoms with E-state index in [4.69, 9.17) is 10.5 Å². The van der Waals surface area contributed by atoms with Gasteiger partial charge >= 0.3 is 0 Å². The van der Waals surface area contributed by atoms with E-state index >= 15 is 0 Å². The van der Waals surface area contributed by atoms with Gasteiger partial charge < -0.3 is 15.4 Å². The Hall–Kier alpha value is -0.610. The van der Waals surface area contributed by atoms with Crippen LogP contribution < -0.4 is 5.73 Å². The van der Waals surface area contributed by atoms with Crippen LogP contribution in [0.3, 0.4) is 0 Å². The van der Waals surface area contributed by atoms with Gasteiger partial charge in [0.25, 0.3) is 0 Å². The molecule has 2 N–H and O–H groups in total. The van der Waals surface area contributed by atoms with Crippen LogP contribution in [0.4, 0.5) is 0 Å². The molecule has 0 aromatic heterocycles. The second-order valence-corrected chi connectivity index (χ2v) is 4.43. The predicted molar refractivity (Wildman–Crippen MR) is 66.2 cm³/mol. The highest BCUT2D eigenvalue weighted by Gasteiger charge is 2.16. The van der Waals surface area contributed by atoms with Crippen LogP contribution in [0.1, 0.15) is 40.0 Å². The zero-order chi connectivity index (χ0) is 12.6. The third-order valence-corrected chi connectivity index (χ3v) is 2.44. The van der Waals surface area contributed by atoms with Crippen molar-refractivity contribution in [1.82, 2.24) is 4.90 Å². The highest BCUT2D eigenvalue weighted by Crippen LogP contribution is 2.01. The molecule has 0 fully saturated rings. The van der Waals surface area contributed by atoms with Crippen LogP contribution in [0.2, 0.25) is 0 Å². The summed E-state index contributed by atoms with van der Waals surface area (Å²) in [5.41, 5.74) is 5.80. The van der Waals surface area contributed by atoms with Gasteiger partial charge in [-0.3, -0.25) is 4.79 Å². The van der Waals surface area contributed by atoms with Crippen molar-refractivity contribution in [3.8, 4) is 0 Å². The van der Waals surface area contributed by atoms with Crippen molar-refractivity contribution in [2.75, 3.05) is 20.2 Å². The molecule has 16 heavy (non-hydrogen) atoms. The normalized spacial score (nSPS) is 12.9. The molecule has 0 saturated heterocycles. The Morgan fingerprint density at radius 3 is 2.56 bits per heavy atom. The highest BCUT2D eigenvalue weighted by molar-refractivity contribution is 5.81. The Balaban J connectivity index is 3.79. The Morgan fingerprint density at radius 2 is 2.06 bits per heavy atom. The summed E-state index contributed by atoms with van der Waals surface area (Å²) in [4.78, 5) is 13.4. The fourth-order valence-electron chi connectivity index (χ4n) is 1.37. The first kappa shape index (κ1) is 15.4. The first-order valence-corrected chi connectivity index (χ1v) is 6.11. The summed E-state index contributed by atoms with van der Waals surface area (Å²) in [6, 6.07) is -0.357. The minimum absolute atomic E-state index is 0.0146. The van der Waals surface area contributed by atoms with Crippen LogP contribution in [-0.4, -0.2) is 43.2 Å². The molecule has 4 nitrogen and oxygen atoms in total. The molecule has 0 aromatic carbocycles. The second-order valence-electron chi connectivity index (χ2n) is 4.43. The van der Waals surface area contributed by atoms with E-state index < -0.39 is 0 Å². The van der Waals surface area contributed by atoms with Crippen LogP contribution >= 0.6 is 0 Å². The number of rotatable bonds is 8. The Labute approximate surface area is 99.1 Å². The van der Waals surface area contributed by atoms with Crippen molar-refractivity contribution >= 4 is 5.91 Å². The number of nitrogens with two attached hydrogens (primary N) is 1. The Morgan fingerprint density at radius 1 is 1.44 bits per heavy atom. The Kier molecular flexibility index (Phi) is 8.21. The molecule has 0 aromatic rings. The number of carbonyl (C=O) groups is 1. The number of unbranched alkanes of at least 4 members (excludes halogenated alkanes) is 1. The summed E-state index contributed by atoms with van der Waals surface area (Å²) in [5.74, 6) is 0.0146. The van der Waals surface area contributed by atoms with E-state index in [2.05, 4.69) is 6.92 Å². The van der Waals surface area contributed by atoms with Crippen molar-refractivity contribution in [1.29, 1.82) is 0 Å². The molecule has 0 rings (SSSR count). The molecule has 0 aliphatic heterocycles. The zero-order valence-corrected chi connectivity index (χ0v) is 11.0. The van der Waals surface area contributed by atoms with Crippen LogP contribution in [-0.2, 0) is 9.53 Å². The smallest absolute Gasteiger partial charge is 0.239 e. The minimum Gasteiger partial charge on any atom is -0.377 e. The van der Waals surface area contributed by atoms with Gasteiger partial charge in [0.2, 0.25) is 5.91 Å². The first-order valence-electron chi connectivity index (χ1n) is 6.11. The molecule has 0 heterocycles. The average Bonchev–Trinajstić information content (AvgIpc) is 2.24. The SMILES string of the molecule is CCCCC(N)C(=O)N(C)CCOC(C)C. The maximum Gasteiger partial charge on any atom is 0.239 e. The molecular weight excluding hydrogens is 204 g/mol. The summed E-state index contributed by atoms with van der Waals surface area (Å²) in [6.45, 7) is 7.23. The molecule has 0 aliphatic carbocycles. The molecular formula is C12H26N2O2. The van der Waals surface area contributed by atoms with Gasteiger partial charge in [-0.25, -0.2) is 0 Å². The number of nitrogens with zero attached hydrogens (tertiary/aromatic N) is 1. The van der Waals surface area contributed by atoms with Gasteiger partial charge in [0.15, 0.2) is 0 Å². The number of likely N-dealkylation sites (N-methyl/N-ethyl adjacent to an activating group) is 1. The van der Waals surface area contributed by atoms with E-state index in [-0.39, 0.29) is 18.1 Å². The topological polar surface area (TPSA) is 55.6 Å². The van der Waals surface area contributed by atoms with Gasteiger partial charge in [-0.1, -0.05) is 19.8 Å². The van der Waals surface area contributed by atoms with Gasteiger partial charge in [-0.15, -0.1) is 0 Å². The number of hydrogen-bond donors (Lipinski definition) is 1. The van der Waals surface area contributed by atoms with Crippen molar-refractivity contribution in [3.63, 3.8) is 0 Å². The summed E-state index contributed by atoms with van der Waals surface area (Å²) in [7, 11) is 1.78. The molecule has 0 radical (unpaired) electrons. The van der Waals surface area contributed by atoms with Crippen molar-refractivity contribution in [2.24, 2.45) is 5.73 Å². The van der Waals surface area contributed by atoms with E-state index in [9.17, 15) is 4.79 Å². The van der Waals surface area contributed by atoms with Gasteiger partial charge in [0, 0.05) is 13.6 Å². The Bertz CT molecular complexity index is 195. The van der Waals surface area contributed by atoms with E-state index in [1.165, 1.54) is 0 Å². The van der Waals surface area contributed by atoms with Gasteiger partial charge in [-0.2, -0.15) is 0 Å². The first-order chi connectivity index (χ1) is 7.49. The second kappa shape index (κ2) is 8.53. The third kappa shape index (κ3) is 6.80. The van der Waals surface area contributed by atoms with Crippen LogP contribution in [0.5, 0.6) is 0 Å². The van der Waals surface area contributed by atoms with Crippen LogP contribution in [0.25, 0.3) is 0 Å². The largest absolute Gasteiger partial charge is 0.377 e. The molecule has 0 spiro atoms. The third-order valence-electron chi connectivity index (χ3n) is 2.44. The van der Waals surface area contributed by atoms with E-state index in [1.54, 1.807) is 11.9 Å². The van der Waals surface area contributed by atoms with Crippen molar-refractivity contribution < 1.29 is 9.53 Å². The summed E-state index contributed by atoms with van der Waals surface area (Å²) in [5, 5.41) is 0. The molecule has 1 unspecified atom stereocenters. The lowest BCUT2D eigenvalue weighted by molar-refractivity contribution is -0.132. The standard InChI is InChI=1S/C12H26N2O2/c1-5-6-7-11(13)12(15)14(4)8-9-16-10(2)3/h10-11H,5-9,13H2,1-4H3. The average molecular weight is 230 g/mol. The highest BCUT2D eigenvalue weighted by atomic mass is 16.5. The maximum absolute atomic E-state index is 11.8. The summed E-state index contributed by atoms with van der Waals surface area (Å²) < 4.78 is 5.39. The molecule has 1 atom stereocenters. The fourth-order valence-corrected chi connectivity index (χ4v) is 1.37.